The van der Waals surface area contributed by atoms with Crippen molar-refractivity contribution >= 4 is 23.4 Å². The van der Waals surface area contributed by atoms with E-state index in [9.17, 15) is 14.4 Å². The Balaban J connectivity index is 0.000000313. The molecule has 2 heterocycles. The summed E-state index contributed by atoms with van der Waals surface area (Å²) in [6.07, 6.45) is 7.04. The Morgan fingerprint density at radius 2 is 2.17 bits per heavy atom. The molecule has 152 valence electrons. The molecule has 0 bridgehead atoms. The molecule has 29 heavy (non-hydrogen) atoms. The van der Waals surface area contributed by atoms with Crippen molar-refractivity contribution in [1.29, 1.82) is 0 Å². The number of primary amides is 1. The summed E-state index contributed by atoms with van der Waals surface area (Å²) in [4.78, 5) is 35.0. The highest BCUT2D eigenvalue weighted by Gasteiger charge is 2.26. The number of benzene rings is 1. The first-order chi connectivity index (χ1) is 13.8. The van der Waals surface area contributed by atoms with E-state index in [0.29, 0.717) is 24.2 Å². The third-order valence-corrected chi connectivity index (χ3v) is 4.22. The molecule has 1 aliphatic rings. The van der Waals surface area contributed by atoms with Crippen molar-refractivity contribution in [2.45, 2.75) is 25.9 Å². The number of hydrogen-bond acceptors (Lipinski definition) is 5. The molecular weight excluding hydrogens is 374 g/mol. The number of anilines is 1. The number of terminal acetylenes is 1. The fraction of sp³-hybridized carbons (Fsp3) is 0.300. The molecule has 2 aromatic rings. The van der Waals surface area contributed by atoms with Crippen molar-refractivity contribution in [3.63, 3.8) is 0 Å². The van der Waals surface area contributed by atoms with Crippen molar-refractivity contribution in [3.05, 3.63) is 41.7 Å². The van der Waals surface area contributed by atoms with Gasteiger partial charge in [-0.25, -0.2) is 4.68 Å². The van der Waals surface area contributed by atoms with Gasteiger partial charge in [-0.3, -0.25) is 14.4 Å². The Bertz CT molecular complexity index is 948. The lowest BCUT2D eigenvalue weighted by Crippen LogP contribution is -2.24. The minimum atomic E-state index is -0.722. The highest BCUT2D eigenvalue weighted by molar-refractivity contribution is 6.01. The highest BCUT2D eigenvalue weighted by Crippen LogP contribution is 2.18. The van der Waals surface area contributed by atoms with E-state index < -0.39 is 12.0 Å². The van der Waals surface area contributed by atoms with E-state index in [1.165, 1.54) is 15.8 Å². The summed E-state index contributed by atoms with van der Waals surface area (Å²) in [5.41, 5.74) is 6.92. The average molecular weight is 397 g/mol. The number of hydrogen-bond donors (Lipinski definition) is 3. The van der Waals surface area contributed by atoms with Crippen LogP contribution in [0.15, 0.2) is 30.5 Å². The van der Waals surface area contributed by atoms with Gasteiger partial charge in [0.15, 0.2) is 5.69 Å². The molecule has 9 heteroatoms. The Morgan fingerprint density at radius 3 is 2.66 bits per heavy atom. The summed E-state index contributed by atoms with van der Waals surface area (Å²) < 4.78 is 1.45. The average Bonchev–Trinajstić information content (AvgIpc) is 3.27. The molecule has 1 aromatic heterocycles. The molecule has 1 fully saturated rings. The molecule has 1 aliphatic heterocycles. The van der Waals surface area contributed by atoms with E-state index in [0.717, 1.165) is 0 Å². The molecule has 0 aliphatic carbocycles. The minimum Gasteiger partial charge on any atom is -0.383 e. The van der Waals surface area contributed by atoms with Crippen molar-refractivity contribution in [1.82, 2.24) is 14.7 Å². The van der Waals surface area contributed by atoms with Gasteiger partial charge in [-0.05, 0) is 24.6 Å². The first-order valence-electron chi connectivity index (χ1n) is 8.96. The first-order valence-corrected chi connectivity index (χ1v) is 8.96. The highest BCUT2D eigenvalue weighted by atomic mass is 16.3. The van der Waals surface area contributed by atoms with Crippen LogP contribution in [-0.4, -0.2) is 57.2 Å². The van der Waals surface area contributed by atoms with Crippen LogP contribution in [0.5, 0.6) is 0 Å². The van der Waals surface area contributed by atoms with Gasteiger partial charge in [0.2, 0.25) is 5.91 Å². The maximum absolute atomic E-state index is 11.5. The first kappa shape index (κ1) is 21.7. The van der Waals surface area contributed by atoms with Gasteiger partial charge < -0.3 is 21.1 Å². The summed E-state index contributed by atoms with van der Waals surface area (Å²) in [5.74, 6) is 1.43. The van der Waals surface area contributed by atoms with Crippen molar-refractivity contribution in [3.8, 4) is 18.0 Å². The second kappa shape index (κ2) is 9.52. The van der Waals surface area contributed by atoms with E-state index >= 15 is 0 Å². The van der Waals surface area contributed by atoms with Gasteiger partial charge in [0.1, 0.15) is 6.10 Å². The monoisotopic (exact) mass is 397 g/mol. The standard InChI is InChI=1S/C15H14N4O2.C5H9NO2/c1-3-10-6-5-7-11(8-10)19-9-12(17-13(20)4-2)14(18-19)15(16)21;1-6-3-2-4(7)5(6)8/h1,5-9H,4H2,2H3,(H2,16,21)(H,17,20);4,7H,2-3H2,1H3. The van der Waals surface area contributed by atoms with Crippen LogP contribution in [0.2, 0.25) is 0 Å². The van der Waals surface area contributed by atoms with E-state index in [1.54, 1.807) is 38.2 Å². The van der Waals surface area contributed by atoms with Crippen molar-refractivity contribution in [2.75, 3.05) is 18.9 Å². The maximum atomic E-state index is 11.5. The molecule has 0 radical (unpaired) electrons. The summed E-state index contributed by atoms with van der Waals surface area (Å²) in [6, 6.07) is 7.08. The van der Waals surface area contributed by atoms with Crippen molar-refractivity contribution in [2.24, 2.45) is 5.73 Å². The number of likely N-dealkylation sites (tertiary alicyclic amines) is 1. The van der Waals surface area contributed by atoms with Crippen LogP contribution in [0.25, 0.3) is 5.69 Å². The number of aromatic nitrogens is 2. The lowest BCUT2D eigenvalue weighted by atomic mass is 10.2. The van der Waals surface area contributed by atoms with Crippen LogP contribution in [0.3, 0.4) is 0 Å². The van der Waals surface area contributed by atoms with Crippen LogP contribution in [0.1, 0.15) is 35.8 Å². The number of aliphatic hydroxyl groups is 1. The molecule has 9 nitrogen and oxygen atoms in total. The SMILES string of the molecule is C#Cc1cccc(-n2cc(NC(=O)CC)c(C(N)=O)n2)c1.CN1CCC(O)C1=O. The molecule has 1 aromatic carbocycles. The molecular formula is C20H23N5O4. The number of carbonyl (C=O) groups is 3. The lowest BCUT2D eigenvalue weighted by Gasteiger charge is -2.04. The van der Waals surface area contributed by atoms with Crippen LogP contribution in [0, 0.1) is 12.3 Å². The number of nitrogens with one attached hydrogen (secondary N) is 1. The number of carbonyl (C=O) groups excluding carboxylic acids is 3. The van der Waals surface area contributed by atoms with Gasteiger partial charge in [-0.2, -0.15) is 5.10 Å². The number of nitrogens with zero attached hydrogens (tertiary/aromatic N) is 3. The van der Waals surface area contributed by atoms with E-state index in [-0.39, 0.29) is 29.6 Å². The van der Waals surface area contributed by atoms with E-state index in [1.807, 2.05) is 0 Å². The van der Waals surface area contributed by atoms with Crippen LogP contribution in [0.4, 0.5) is 5.69 Å². The Morgan fingerprint density at radius 1 is 1.45 bits per heavy atom. The molecule has 1 saturated heterocycles. The van der Waals surface area contributed by atoms with Gasteiger partial charge in [0.05, 0.1) is 17.6 Å². The van der Waals surface area contributed by atoms with E-state index in [2.05, 4.69) is 16.3 Å². The zero-order valence-electron chi connectivity index (χ0n) is 16.3. The second-order valence-electron chi connectivity index (χ2n) is 6.36. The molecule has 0 saturated carbocycles. The molecule has 3 amide bonds. The Kier molecular flexibility index (Phi) is 7.11. The molecule has 1 unspecified atom stereocenters. The number of nitrogens with two attached hydrogens (primary N) is 1. The lowest BCUT2D eigenvalue weighted by molar-refractivity contribution is -0.133. The summed E-state index contributed by atoms with van der Waals surface area (Å²) in [6.45, 7) is 2.40. The third kappa shape index (κ3) is 5.43. The van der Waals surface area contributed by atoms with Gasteiger partial charge in [-0.1, -0.05) is 18.9 Å². The van der Waals surface area contributed by atoms with E-state index in [4.69, 9.17) is 17.3 Å². The summed E-state index contributed by atoms with van der Waals surface area (Å²) in [7, 11) is 1.69. The van der Waals surface area contributed by atoms with Gasteiger partial charge in [-0.15, -0.1) is 6.42 Å². The van der Waals surface area contributed by atoms with Crippen LogP contribution < -0.4 is 11.1 Å². The third-order valence-electron chi connectivity index (χ3n) is 4.22. The molecule has 1 atom stereocenters. The largest absolute Gasteiger partial charge is 0.383 e. The summed E-state index contributed by atoms with van der Waals surface area (Å²) >= 11 is 0. The normalized spacial score (nSPS) is 15.3. The second-order valence-corrected chi connectivity index (χ2v) is 6.36. The number of amides is 3. The molecule has 4 N–H and O–H groups in total. The van der Waals surface area contributed by atoms with Crippen LogP contribution in [-0.2, 0) is 9.59 Å². The smallest absolute Gasteiger partial charge is 0.271 e. The topological polar surface area (TPSA) is 131 Å². The fourth-order valence-electron chi connectivity index (χ4n) is 2.56. The molecule has 0 spiro atoms. The fourth-order valence-corrected chi connectivity index (χ4v) is 2.56. The van der Waals surface area contributed by atoms with Gasteiger partial charge in [0.25, 0.3) is 11.8 Å². The maximum Gasteiger partial charge on any atom is 0.271 e. The zero-order chi connectivity index (χ0) is 21.6. The number of rotatable bonds is 4. The summed E-state index contributed by atoms with van der Waals surface area (Å²) in [5, 5.41) is 15.5. The quantitative estimate of drug-likeness (QED) is 0.647. The predicted octanol–water partition coefficient (Wildman–Crippen LogP) is 0.510. The number of aliphatic hydroxyl groups excluding tert-OH is 1. The predicted molar refractivity (Wildman–Crippen MR) is 107 cm³/mol. The van der Waals surface area contributed by atoms with Crippen molar-refractivity contribution < 1.29 is 19.5 Å². The molecule has 3 rings (SSSR count). The number of likely N-dealkylation sites (N-methyl/N-ethyl adjacent to an activating group) is 1. The van der Waals surface area contributed by atoms with Crippen LogP contribution >= 0.6 is 0 Å². The van der Waals surface area contributed by atoms with Gasteiger partial charge >= 0.3 is 0 Å². The minimum absolute atomic E-state index is 0.00270. The zero-order valence-corrected chi connectivity index (χ0v) is 16.3. The Hall–Kier alpha value is -3.64. The van der Waals surface area contributed by atoms with Gasteiger partial charge in [0, 0.05) is 25.6 Å². The Labute approximate surface area is 168 Å².